The molecule has 3 N–H and O–H groups in total. The second kappa shape index (κ2) is 10.8. The lowest BCUT2D eigenvalue weighted by molar-refractivity contribution is 0.0944. The van der Waals surface area contributed by atoms with Crippen molar-refractivity contribution in [1.82, 2.24) is 30.4 Å². The number of piperidine rings is 1. The van der Waals surface area contributed by atoms with E-state index in [2.05, 4.69) is 37.8 Å². The summed E-state index contributed by atoms with van der Waals surface area (Å²) < 4.78 is 14.2. The fraction of sp³-hybridized carbons (Fsp3) is 0.250. The molecule has 0 spiro atoms. The van der Waals surface area contributed by atoms with Gasteiger partial charge < -0.3 is 15.5 Å². The normalized spacial score (nSPS) is 15.8. The molecular formula is C28H27FN8O. The topological polar surface area (TPSA) is 123 Å². The maximum absolute atomic E-state index is 14.2. The molecule has 1 atom stereocenters. The molecule has 0 aliphatic carbocycles. The predicted octanol–water partition coefficient (Wildman–Crippen LogP) is 4.03. The number of benzene rings is 2. The molecule has 1 fully saturated rings. The molecule has 0 saturated carbocycles. The number of rotatable bonds is 7. The van der Waals surface area contributed by atoms with Crippen molar-refractivity contribution in [3.8, 4) is 17.5 Å². The number of hydrogen-bond donors (Lipinski definition) is 3. The average Bonchev–Trinajstić information content (AvgIpc) is 3.45. The largest absolute Gasteiger partial charge is 0.373 e. The second-order valence-corrected chi connectivity index (χ2v) is 9.39. The van der Waals surface area contributed by atoms with Crippen molar-refractivity contribution < 1.29 is 9.18 Å². The number of hydrogen-bond acceptors (Lipinski definition) is 7. The summed E-state index contributed by atoms with van der Waals surface area (Å²) in [5, 5.41) is 23.4. The van der Waals surface area contributed by atoms with Crippen molar-refractivity contribution in [2.75, 3.05) is 25.5 Å². The van der Waals surface area contributed by atoms with Crippen molar-refractivity contribution in [1.29, 1.82) is 5.26 Å². The first-order valence-corrected chi connectivity index (χ1v) is 12.3. The van der Waals surface area contributed by atoms with Crippen LogP contribution in [-0.4, -0.2) is 51.1 Å². The maximum atomic E-state index is 14.2. The number of aromatic amines is 1. The predicted molar refractivity (Wildman–Crippen MR) is 140 cm³/mol. The van der Waals surface area contributed by atoms with Gasteiger partial charge in [0, 0.05) is 47.9 Å². The van der Waals surface area contributed by atoms with E-state index in [9.17, 15) is 14.4 Å². The van der Waals surface area contributed by atoms with Crippen molar-refractivity contribution in [2.45, 2.75) is 24.4 Å². The minimum atomic E-state index is -1.11. The molecule has 38 heavy (non-hydrogen) atoms. The van der Waals surface area contributed by atoms with Gasteiger partial charge in [-0.25, -0.2) is 9.37 Å². The highest BCUT2D eigenvalue weighted by molar-refractivity contribution is 5.95. The number of nitrogens with one attached hydrogen (secondary N) is 3. The number of aromatic nitrogens is 4. The third-order valence-corrected chi connectivity index (χ3v) is 6.85. The Morgan fingerprint density at radius 3 is 2.63 bits per heavy atom. The number of amides is 1. The van der Waals surface area contributed by atoms with E-state index in [1.165, 1.54) is 18.2 Å². The van der Waals surface area contributed by atoms with Crippen LogP contribution < -0.4 is 10.6 Å². The molecule has 3 heterocycles. The van der Waals surface area contributed by atoms with Gasteiger partial charge in [-0.1, -0.05) is 24.3 Å². The number of carbonyl (C=O) groups excluding carboxylic acids is 1. The highest BCUT2D eigenvalue weighted by atomic mass is 19.1. The second-order valence-electron chi connectivity index (χ2n) is 9.39. The number of nitrogens with zero attached hydrogens (tertiary/aromatic N) is 5. The SMILES string of the molecule is CN1CCC(Nc2cccc(C(=O)NC(C#N)c3ccccc3F)c2)(c2nc(-c3ccncc3)n[nH]2)CC1. The third-order valence-electron chi connectivity index (χ3n) is 6.85. The Labute approximate surface area is 219 Å². The summed E-state index contributed by atoms with van der Waals surface area (Å²) in [6.45, 7) is 1.70. The minimum Gasteiger partial charge on any atom is -0.373 e. The van der Waals surface area contributed by atoms with Crippen LogP contribution in [-0.2, 0) is 5.54 Å². The summed E-state index contributed by atoms with van der Waals surface area (Å²) in [6.07, 6.45) is 4.95. The van der Waals surface area contributed by atoms with Crippen LogP contribution in [0.2, 0.25) is 0 Å². The lowest BCUT2D eigenvalue weighted by Gasteiger charge is -2.40. The first-order valence-electron chi connectivity index (χ1n) is 12.3. The third kappa shape index (κ3) is 5.23. The highest BCUT2D eigenvalue weighted by Crippen LogP contribution is 2.35. The van der Waals surface area contributed by atoms with Gasteiger partial charge >= 0.3 is 0 Å². The molecule has 192 valence electrons. The molecule has 1 aliphatic heterocycles. The molecule has 1 unspecified atom stereocenters. The number of nitriles is 1. The Hall–Kier alpha value is -4.62. The van der Waals surface area contributed by atoms with Crippen LogP contribution in [0.1, 0.15) is 40.6 Å². The molecule has 4 aromatic rings. The van der Waals surface area contributed by atoms with Crippen LogP contribution in [0.5, 0.6) is 0 Å². The summed E-state index contributed by atoms with van der Waals surface area (Å²) in [6, 6.07) is 17.5. The molecule has 10 heteroatoms. The zero-order valence-electron chi connectivity index (χ0n) is 20.9. The summed E-state index contributed by atoms with van der Waals surface area (Å²) in [4.78, 5) is 24.2. The van der Waals surface area contributed by atoms with Gasteiger partial charge in [0.25, 0.3) is 5.91 Å². The van der Waals surface area contributed by atoms with Crippen molar-refractivity contribution in [3.63, 3.8) is 0 Å². The van der Waals surface area contributed by atoms with E-state index in [0.29, 0.717) is 11.4 Å². The van der Waals surface area contributed by atoms with Gasteiger partial charge in [-0.05, 0) is 56.3 Å². The number of anilines is 1. The van der Waals surface area contributed by atoms with Crippen LogP contribution in [0.25, 0.3) is 11.4 Å². The minimum absolute atomic E-state index is 0.123. The fourth-order valence-electron chi connectivity index (χ4n) is 4.64. The molecule has 2 aromatic carbocycles. The van der Waals surface area contributed by atoms with E-state index in [0.717, 1.165) is 43.0 Å². The molecule has 2 aromatic heterocycles. The average molecular weight is 511 g/mol. The molecule has 1 saturated heterocycles. The number of likely N-dealkylation sites (tertiary alicyclic amines) is 1. The van der Waals surface area contributed by atoms with Gasteiger partial charge in [-0.2, -0.15) is 10.4 Å². The van der Waals surface area contributed by atoms with Crippen LogP contribution in [0, 0.1) is 17.1 Å². The maximum Gasteiger partial charge on any atom is 0.252 e. The van der Waals surface area contributed by atoms with Crippen molar-refractivity contribution in [2.24, 2.45) is 0 Å². The van der Waals surface area contributed by atoms with E-state index in [-0.39, 0.29) is 5.56 Å². The summed E-state index contributed by atoms with van der Waals surface area (Å²) in [5.41, 5.74) is 1.54. The van der Waals surface area contributed by atoms with Gasteiger partial charge in [-0.3, -0.25) is 14.9 Å². The Morgan fingerprint density at radius 2 is 1.89 bits per heavy atom. The lowest BCUT2D eigenvalue weighted by atomic mass is 9.86. The first kappa shape index (κ1) is 25.0. The van der Waals surface area contributed by atoms with Gasteiger partial charge in [0.1, 0.15) is 11.9 Å². The van der Waals surface area contributed by atoms with E-state index >= 15 is 0 Å². The zero-order chi connectivity index (χ0) is 26.5. The number of carbonyl (C=O) groups is 1. The van der Waals surface area contributed by atoms with E-state index < -0.39 is 23.3 Å². The Kier molecular flexibility index (Phi) is 7.11. The molecule has 0 radical (unpaired) electrons. The van der Waals surface area contributed by atoms with Crippen LogP contribution in [0.3, 0.4) is 0 Å². The number of pyridine rings is 1. The van der Waals surface area contributed by atoms with Crippen molar-refractivity contribution in [3.05, 3.63) is 95.8 Å². The van der Waals surface area contributed by atoms with Crippen molar-refractivity contribution >= 4 is 11.6 Å². The van der Waals surface area contributed by atoms with E-state index in [1.54, 1.807) is 36.7 Å². The Morgan fingerprint density at radius 1 is 1.13 bits per heavy atom. The summed E-state index contributed by atoms with van der Waals surface area (Å²) in [7, 11) is 2.08. The van der Waals surface area contributed by atoms with Gasteiger partial charge in [0.15, 0.2) is 11.6 Å². The van der Waals surface area contributed by atoms with Crippen LogP contribution in [0.15, 0.2) is 73.1 Å². The molecule has 0 bridgehead atoms. The lowest BCUT2D eigenvalue weighted by Crippen LogP contribution is -2.46. The molecule has 1 amide bonds. The smallest absolute Gasteiger partial charge is 0.252 e. The highest BCUT2D eigenvalue weighted by Gasteiger charge is 2.39. The molecular weight excluding hydrogens is 483 g/mol. The zero-order valence-corrected chi connectivity index (χ0v) is 20.9. The monoisotopic (exact) mass is 510 g/mol. The van der Waals surface area contributed by atoms with Crippen LogP contribution >= 0.6 is 0 Å². The van der Waals surface area contributed by atoms with Gasteiger partial charge in [0.2, 0.25) is 0 Å². The summed E-state index contributed by atoms with van der Waals surface area (Å²) >= 11 is 0. The van der Waals surface area contributed by atoms with E-state index in [4.69, 9.17) is 4.98 Å². The fourth-order valence-corrected chi connectivity index (χ4v) is 4.64. The van der Waals surface area contributed by atoms with E-state index in [1.807, 2.05) is 24.3 Å². The molecule has 5 rings (SSSR count). The number of halogens is 1. The summed E-state index contributed by atoms with van der Waals surface area (Å²) in [5.74, 6) is 0.292. The van der Waals surface area contributed by atoms with Gasteiger partial charge in [-0.15, -0.1) is 0 Å². The quantitative estimate of drug-likeness (QED) is 0.343. The van der Waals surface area contributed by atoms with Crippen LogP contribution in [0.4, 0.5) is 10.1 Å². The van der Waals surface area contributed by atoms with Gasteiger partial charge in [0.05, 0.1) is 11.6 Å². The molecule has 9 nitrogen and oxygen atoms in total. The Bertz CT molecular complexity index is 1460. The first-order chi connectivity index (χ1) is 18.5. The molecule has 1 aliphatic rings. The standard InChI is InChI=1S/C28H27FN8O/c1-37-15-11-28(12-16-37,27-33-25(35-36-27)19-9-13-31-14-10-19)34-21-6-4-5-20(17-21)26(38)32-24(18-30)22-7-2-3-8-23(22)29/h2-10,13-14,17,24,34H,11-12,15-16H2,1H3,(H,32,38)(H,33,35,36). The number of H-pyrrole nitrogens is 1. The Balaban J connectivity index is 1.39.